The summed E-state index contributed by atoms with van der Waals surface area (Å²) >= 11 is 0. The van der Waals surface area contributed by atoms with Crippen LogP contribution in [0.25, 0.3) is 0 Å². The number of benzene rings is 1. The number of rotatable bonds is 9. The highest BCUT2D eigenvalue weighted by Crippen LogP contribution is 2.10. The van der Waals surface area contributed by atoms with Crippen LogP contribution in [0.4, 0.5) is 0 Å². The van der Waals surface area contributed by atoms with Crippen LogP contribution in [0.2, 0.25) is 0 Å². The van der Waals surface area contributed by atoms with Gasteiger partial charge in [-0.3, -0.25) is 4.99 Å². The van der Waals surface area contributed by atoms with Crippen molar-refractivity contribution in [2.45, 2.75) is 32.6 Å². The molecule has 0 bridgehead atoms. The number of likely N-dealkylation sites (N-methyl/N-ethyl adjacent to an activating group) is 1. The quantitative estimate of drug-likeness (QED) is 0.421. The molecular weight excluding hydrogens is 330 g/mol. The fourth-order valence-corrected chi connectivity index (χ4v) is 2.35. The predicted octanol–water partition coefficient (Wildman–Crippen LogP) is 2.71. The molecule has 7 heteroatoms. The third kappa shape index (κ3) is 6.38. The van der Waals surface area contributed by atoms with E-state index < -0.39 is 0 Å². The lowest BCUT2D eigenvalue weighted by Gasteiger charge is -2.22. The maximum absolute atomic E-state index is 5.72. The Labute approximate surface area is 155 Å². The second kappa shape index (κ2) is 10.4. The highest BCUT2D eigenvalue weighted by Gasteiger charge is 2.10. The van der Waals surface area contributed by atoms with Gasteiger partial charge in [-0.25, -0.2) is 0 Å². The van der Waals surface area contributed by atoms with Crippen LogP contribution in [-0.4, -0.2) is 54.8 Å². The third-order valence-electron chi connectivity index (χ3n) is 3.86. The predicted molar refractivity (Wildman–Crippen MR) is 103 cm³/mol. The Kier molecular flexibility index (Phi) is 7.92. The molecule has 2 rings (SSSR count). The number of para-hydroxylation sites is 1. The number of nitrogens with one attached hydrogen (secondary N) is 1. The first-order valence-corrected chi connectivity index (χ1v) is 9.02. The SMILES string of the molecule is CN=C(NCCCc1nc(C(C)C)no1)N(C)CCOc1ccccc1. The normalized spacial score (nSPS) is 11.7. The van der Waals surface area contributed by atoms with Gasteiger partial charge in [0, 0.05) is 33.0 Å². The van der Waals surface area contributed by atoms with E-state index in [1.165, 1.54) is 0 Å². The van der Waals surface area contributed by atoms with Crippen LogP contribution in [-0.2, 0) is 6.42 Å². The molecule has 1 N–H and O–H groups in total. The first-order valence-electron chi connectivity index (χ1n) is 9.02. The second-order valence-electron chi connectivity index (χ2n) is 6.36. The van der Waals surface area contributed by atoms with Crippen molar-refractivity contribution in [1.29, 1.82) is 0 Å². The van der Waals surface area contributed by atoms with Gasteiger partial charge in [0.15, 0.2) is 11.8 Å². The third-order valence-corrected chi connectivity index (χ3v) is 3.86. The molecule has 142 valence electrons. The number of aromatic nitrogens is 2. The van der Waals surface area contributed by atoms with E-state index in [1.54, 1.807) is 7.05 Å². The summed E-state index contributed by atoms with van der Waals surface area (Å²) in [5, 5.41) is 7.33. The summed E-state index contributed by atoms with van der Waals surface area (Å²) in [6, 6.07) is 9.81. The Morgan fingerprint density at radius 1 is 1.31 bits per heavy atom. The van der Waals surface area contributed by atoms with Crippen molar-refractivity contribution in [1.82, 2.24) is 20.4 Å². The van der Waals surface area contributed by atoms with Gasteiger partial charge in [-0.1, -0.05) is 37.2 Å². The van der Waals surface area contributed by atoms with E-state index >= 15 is 0 Å². The van der Waals surface area contributed by atoms with E-state index in [4.69, 9.17) is 9.26 Å². The summed E-state index contributed by atoms with van der Waals surface area (Å²) in [6.45, 7) is 6.24. The Bertz CT molecular complexity index is 670. The summed E-state index contributed by atoms with van der Waals surface area (Å²) in [7, 11) is 3.78. The van der Waals surface area contributed by atoms with E-state index in [-0.39, 0.29) is 5.92 Å². The number of hydrogen-bond donors (Lipinski definition) is 1. The molecule has 2 aromatic rings. The molecule has 0 fully saturated rings. The number of ether oxygens (including phenoxy) is 1. The van der Waals surface area contributed by atoms with Crippen molar-refractivity contribution in [2.75, 3.05) is 33.8 Å². The highest BCUT2D eigenvalue weighted by atomic mass is 16.5. The van der Waals surface area contributed by atoms with Gasteiger partial charge in [-0.15, -0.1) is 0 Å². The molecule has 0 aliphatic heterocycles. The molecule has 0 unspecified atom stereocenters. The number of aliphatic imine (C=N–C) groups is 1. The second-order valence-corrected chi connectivity index (χ2v) is 6.36. The summed E-state index contributed by atoms with van der Waals surface area (Å²) < 4.78 is 11.0. The van der Waals surface area contributed by atoms with Gasteiger partial charge in [-0.05, 0) is 18.6 Å². The molecule has 0 radical (unpaired) electrons. The van der Waals surface area contributed by atoms with Gasteiger partial charge < -0.3 is 19.5 Å². The van der Waals surface area contributed by atoms with Crippen molar-refractivity contribution < 1.29 is 9.26 Å². The van der Waals surface area contributed by atoms with Crippen LogP contribution in [0.5, 0.6) is 5.75 Å². The number of guanidine groups is 1. The summed E-state index contributed by atoms with van der Waals surface area (Å²) in [4.78, 5) is 10.7. The molecule has 1 aromatic heterocycles. The van der Waals surface area contributed by atoms with E-state index in [2.05, 4.69) is 34.3 Å². The van der Waals surface area contributed by atoms with Gasteiger partial charge in [0.25, 0.3) is 0 Å². The van der Waals surface area contributed by atoms with Crippen molar-refractivity contribution in [3.05, 3.63) is 42.0 Å². The Morgan fingerprint density at radius 2 is 2.08 bits per heavy atom. The van der Waals surface area contributed by atoms with Gasteiger partial charge >= 0.3 is 0 Å². The fraction of sp³-hybridized carbons (Fsp3) is 0.526. The van der Waals surface area contributed by atoms with Crippen LogP contribution >= 0.6 is 0 Å². The molecule has 26 heavy (non-hydrogen) atoms. The maximum atomic E-state index is 5.72. The van der Waals surface area contributed by atoms with Crippen molar-refractivity contribution in [2.24, 2.45) is 4.99 Å². The molecular formula is C19H29N5O2. The van der Waals surface area contributed by atoms with E-state index in [1.807, 2.05) is 42.3 Å². The molecule has 7 nitrogen and oxygen atoms in total. The molecule has 0 atom stereocenters. The minimum Gasteiger partial charge on any atom is -0.492 e. The summed E-state index contributed by atoms with van der Waals surface area (Å²) in [6.07, 6.45) is 1.65. The topological polar surface area (TPSA) is 75.8 Å². The van der Waals surface area contributed by atoms with Gasteiger partial charge in [0.1, 0.15) is 12.4 Å². The summed E-state index contributed by atoms with van der Waals surface area (Å²) in [5.41, 5.74) is 0. The van der Waals surface area contributed by atoms with Crippen molar-refractivity contribution in [3.63, 3.8) is 0 Å². The Hall–Kier alpha value is -2.57. The minimum absolute atomic E-state index is 0.288. The standard InChI is InChI=1S/C19H29N5O2/c1-15(2)18-22-17(26-23-18)11-8-12-21-19(20-3)24(4)13-14-25-16-9-6-5-7-10-16/h5-7,9-10,15H,8,11-14H2,1-4H3,(H,20,21). The van der Waals surface area contributed by atoms with E-state index in [0.29, 0.717) is 12.5 Å². The van der Waals surface area contributed by atoms with E-state index in [0.717, 1.165) is 43.5 Å². The molecule has 1 aromatic carbocycles. The Balaban J connectivity index is 1.66. The smallest absolute Gasteiger partial charge is 0.226 e. The lowest BCUT2D eigenvalue weighted by molar-refractivity contribution is 0.281. The van der Waals surface area contributed by atoms with Gasteiger partial charge in [0.2, 0.25) is 5.89 Å². The fourth-order valence-electron chi connectivity index (χ4n) is 2.35. The van der Waals surface area contributed by atoms with Crippen molar-refractivity contribution in [3.8, 4) is 5.75 Å². The first kappa shape index (κ1) is 19.8. The molecule has 1 heterocycles. The van der Waals surface area contributed by atoms with Crippen LogP contribution < -0.4 is 10.1 Å². The van der Waals surface area contributed by atoms with E-state index in [9.17, 15) is 0 Å². The zero-order chi connectivity index (χ0) is 18.8. The molecule has 0 saturated carbocycles. The number of nitrogens with zero attached hydrogens (tertiary/aromatic N) is 4. The average Bonchev–Trinajstić information content (AvgIpc) is 3.12. The zero-order valence-electron chi connectivity index (χ0n) is 16.1. The molecule has 0 aliphatic rings. The van der Waals surface area contributed by atoms with Gasteiger partial charge in [-0.2, -0.15) is 4.98 Å². The minimum atomic E-state index is 0.288. The van der Waals surface area contributed by atoms with Crippen LogP contribution in [0.1, 0.15) is 37.9 Å². The lowest BCUT2D eigenvalue weighted by Crippen LogP contribution is -2.41. The largest absolute Gasteiger partial charge is 0.492 e. The molecule has 0 spiro atoms. The average molecular weight is 359 g/mol. The number of hydrogen-bond acceptors (Lipinski definition) is 5. The molecule has 0 saturated heterocycles. The first-order chi connectivity index (χ1) is 12.6. The van der Waals surface area contributed by atoms with Gasteiger partial charge in [0.05, 0.1) is 6.54 Å². The monoisotopic (exact) mass is 359 g/mol. The Morgan fingerprint density at radius 3 is 2.73 bits per heavy atom. The highest BCUT2D eigenvalue weighted by molar-refractivity contribution is 5.79. The van der Waals surface area contributed by atoms with Crippen LogP contribution in [0.3, 0.4) is 0 Å². The van der Waals surface area contributed by atoms with Crippen molar-refractivity contribution >= 4 is 5.96 Å². The number of aryl methyl sites for hydroxylation is 1. The molecule has 0 amide bonds. The van der Waals surface area contributed by atoms with Crippen LogP contribution in [0.15, 0.2) is 39.8 Å². The maximum Gasteiger partial charge on any atom is 0.226 e. The van der Waals surface area contributed by atoms with Crippen LogP contribution in [0, 0.1) is 0 Å². The zero-order valence-corrected chi connectivity index (χ0v) is 16.1. The molecule has 0 aliphatic carbocycles. The lowest BCUT2D eigenvalue weighted by atomic mass is 10.2. The summed E-state index contributed by atoms with van der Waals surface area (Å²) in [5.74, 6) is 3.47.